The molecule has 0 radical (unpaired) electrons. The molecule has 2 aromatic heterocycles. The predicted octanol–water partition coefficient (Wildman–Crippen LogP) is 3.31. The second-order valence-corrected chi connectivity index (χ2v) is 6.53. The highest BCUT2D eigenvalue weighted by Crippen LogP contribution is 2.39. The van der Waals surface area contributed by atoms with Crippen molar-refractivity contribution >= 4 is 28.0 Å². The summed E-state index contributed by atoms with van der Waals surface area (Å²) in [6.07, 6.45) is 3.36. The molecule has 0 aliphatic rings. The van der Waals surface area contributed by atoms with Crippen LogP contribution in [0.3, 0.4) is 0 Å². The Morgan fingerprint density at radius 2 is 2.20 bits per heavy atom. The van der Waals surface area contributed by atoms with Crippen molar-refractivity contribution in [1.82, 2.24) is 9.38 Å². The van der Waals surface area contributed by atoms with E-state index in [1.165, 1.54) is 17.4 Å². The van der Waals surface area contributed by atoms with Crippen LogP contribution in [0.25, 0.3) is 16.2 Å². The molecular weight excluding hydrogens is 346 g/mol. The van der Waals surface area contributed by atoms with Gasteiger partial charge in [-0.25, -0.2) is 4.98 Å². The molecule has 1 N–H and O–H groups in total. The first-order chi connectivity index (χ1) is 11.9. The van der Waals surface area contributed by atoms with Crippen molar-refractivity contribution in [3.63, 3.8) is 0 Å². The van der Waals surface area contributed by atoms with Gasteiger partial charge in [0.2, 0.25) is 5.75 Å². The lowest BCUT2D eigenvalue weighted by Gasteiger charge is -2.10. The summed E-state index contributed by atoms with van der Waals surface area (Å²) >= 11 is 1.27. The van der Waals surface area contributed by atoms with Crippen LogP contribution in [0.5, 0.6) is 5.75 Å². The van der Waals surface area contributed by atoms with Crippen LogP contribution >= 0.6 is 11.3 Å². The van der Waals surface area contributed by atoms with E-state index in [1.54, 1.807) is 36.7 Å². The Labute approximate surface area is 146 Å². The number of carbonyl (C=O) groups is 1. The molecule has 0 amide bonds. The molecule has 0 aliphatic carbocycles. The van der Waals surface area contributed by atoms with Crippen molar-refractivity contribution in [2.75, 3.05) is 6.61 Å². The molecule has 0 fully saturated rings. The lowest BCUT2D eigenvalue weighted by atomic mass is 10.1. The average Bonchev–Trinajstić information content (AvgIpc) is 3.06. The summed E-state index contributed by atoms with van der Waals surface area (Å²) in [7, 11) is 0. The van der Waals surface area contributed by atoms with E-state index in [1.807, 2.05) is 0 Å². The summed E-state index contributed by atoms with van der Waals surface area (Å²) in [5.74, 6) is -0.715. The van der Waals surface area contributed by atoms with Crippen molar-refractivity contribution in [3.8, 4) is 17.0 Å². The number of fused-ring (bicyclic) bond motifs is 1. The lowest BCUT2D eigenvalue weighted by Crippen LogP contribution is -2.00. The zero-order valence-electron chi connectivity index (χ0n) is 13.6. The Morgan fingerprint density at radius 3 is 2.80 bits per heavy atom. The molecule has 130 valence electrons. The number of carboxylic acids is 1. The molecule has 0 unspecified atom stereocenters. The predicted molar refractivity (Wildman–Crippen MR) is 92.4 cm³/mol. The van der Waals surface area contributed by atoms with Crippen LogP contribution in [0, 0.1) is 17.0 Å². The fourth-order valence-corrected chi connectivity index (χ4v) is 3.53. The number of hydrogen-bond donors (Lipinski definition) is 1. The van der Waals surface area contributed by atoms with Crippen LogP contribution < -0.4 is 4.74 Å². The van der Waals surface area contributed by atoms with Gasteiger partial charge in [-0.2, -0.15) is 0 Å². The molecule has 2 heterocycles. The number of aryl methyl sites for hydroxylation is 1. The van der Waals surface area contributed by atoms with Gasteiger partial charge in [0.15, 0.2) is 4.96 Å². The van der Waals surface area contributed by atoms with E-state index in [-0.39, 0.29) is 17.9 Å². The van der Waals surface area contributed by atoms with Gasteiger partial charge in [-0.15, -0.1) is 11.3 Å². The highest BCUT2D eigenvalue weighted by atomic mass is 32.1. The summed E-state index contributed by atoms with van der Waals surface area (Å²) in [4.78, 5) is 27.5. The number of aliphatic carboxylic acids is 1. The molecule has 3 aromatic rings. The summed E-state index contributed by atoms with van der Waals surface area (Å²) in [5.41, 5.74) is 1.72. The number of carboxylic acid groups (broad SMARTS) is 1. The van der Waals surface area contributed by atoms with Crippen LogP contribution in [0.1, 0.15) is 17.4 Å². The quantitative estimate of drug-likeness (QED) is 0.533. The molecule has 0 aliphatic heterocycles. The van der Waals surface area contributed by atoms with Crippen molar-refractivity contribution in [1.29, 1.82) is 0 Å². The maximum absolute atomic E-state index is 11.3. The minimum Gasteiger partial charge on any atom is -0.487 e. The van der Waals surface area contributed by atoms with Crippen LogP contribution in [0.2, 0.25) is 0 Å². The molecule has 25 heavy (non-hydrogen) atoms. The van der Waals surface area contributed by atoms with Gasteiger partial charge in [0.25, 0.3) is 0 Å². The summed E-state index contributed by atoms with van der Waals surface area (Å²) in [6, 6.07) is 3.26. The number of imidazole rings is 1. The average molecular weight is 361 g/mol. The van der Waals surface area contributed by atoms with Gasteiger partial charge in [-0.3, -0.25) is 19.3 Å². The lowest BCUT2D eigenvalue weighted by molar-refractivity contribution is -0.385. The van der Waals surface area contributed by atoms with E-state index < -0.39 is 10.9 Å². The standard InChI is InChI=1S/C16H15N3O5S/c1-3-24-15-11(4-9(2)5-13(15)19(22)23)12-8-18-7-10(6-14(20)21)25-16(18)17-12/h4-5,7-8H,3,6H2,1-2H3,(H,20,21). The van der Waals surface area contributed by atoms with E-state index >= 15 is 0 Å². The third kappa shape index (κ3) is 3.31. The number of nitrogens with zero attached hydrogens (tertiary/aromatic N) is 3. The van der Waals surface area contributed by atoms with E-state index in [0.29, 0.717) is 27.7 Å². The second-order valence-electron chi connectivity index (χ2n) is 5.43. The normalized spacial score (nSPS) is 11.0. The number of hydrogen-bond acceptors (Lipinski definition) is 6. The summed E-state index contributed by atoms with van der Waals surface area (Å²) in [6.45, 7) is 3.83. The summed E-state index contributed by atoms with van der Waals surface area (Å²) < 4.78 is 7.25. The van der Waals surface area contributed by atoms with E-state index in [9.17, 15) is 14.9 Å². The largest absolute Gasteiger partial charge is 0.487 e. The Bertz CT molecular complexity index is 944. The SMILES string of the molecule is CCOc1c(-c2cn3cc(CC(=O)O)sc3n2)cc(C)cc1[N+](=O)[O-]. The smallest absolute Gasteiger partial charge is 0.311 e. The highest BCUT2D eigenvalue weighted by molar-refractivity contribution is 7.17. The number of ether oxygens (including phenoxy) is 1. The van der Waals surface area contributed by atoms with Gasteiger partial charge in [-0.05, 0) is 25.5 Å². The highest BCUT2D eigenvalue weighted by Gasteiger charge is 2.23. The maximum atomic E-state index is 11.3. The van der Waals surface area contributed by atoms with Crippen LogP contribution in [0.4, 0.5) is 5.69 Å². The van der Waals surface area contributed by atoms with Gasteiger partial charge in [0.05, 0.1) is 29.2 Å². The Hall–Kier alpha value is -2.94. The number of aromatic nitrogens is 2. The van der Waals surface area contributed by atoms with Gasteiger partial charge >= 0.3 is 11.7 Å². The fourth-order valence-electron chi connectivity index (χ4n) is 2.58. The number of benzene rings is 1. The Morgan fingerprint density at radius 1 is 1.44 bits per heavy atom. The molecule has 0 atom stereocenters. The topological polar surface area (TPSA) is 107 Å². The number of nitro groups is 1. The molecule has 0 bridgehead atoms. The monoisotopic (exact) mass is 361 g/mol. The molecule has 0 saturated carbocycles. The van der Waals surface area contributed by atoms with Gasteiger partial charge in [-0.1, -0.05) is 0 Å². The molecule has 9 heteroatoms. The molecule has 8 nitrogen and oxygen atoms in total. The minimum atomic E-state index is -0.905. The Balaban J connectivity index is 2.11. The molecular formula is C16H15N3O5S. The zero-order chi connectivity index (χ0) is 18.1. The van der Waals surface area contributed by atoms with Gasteiger partial charge < -0.3 is 9.84 Å². The van der Waals surface area contributed by atoms with Crippen LogP contribution in [-0.2, 0) is 11.2 Å². The van der Waals surface area contributed by atoms with Crippen molar-refractivity contribution in [3.05, 3.63) is 45.1 Å². The molecule has 0 spiro atoms. The van der Waals surface area contributed by atoms with Crippen molar-refractivity contribution in [2.24, 2.45) is 0 Å². The second kappa shape index (κ2) is 6.52. The van der Waals surface area contributed by atoms with E-state index in [4.69, 9.17) is 9.84 Å². The minimum absolute atomic E-state index is 0.0660. The molecule has 3 rings (SSSR count). The van der Waals surface area contributed by atoms with Crippen LogP contribution in [-0.4, -0.2) is 32.0 Å². The number of rotatable bonds is 6. The third-order valence-electron chi connectivity index (χ3n) is 3.50. The first kappa shape index (κ1) is 16.9. The van der Waals surface area contributed by atoms with Crippen molar-refractivity contribution in [2.45, 2.75) is 20.3 Å². The van der Waals surface area contributed by atoms with Gasteiger partial charge in [0.1, 0.15) is 0 Å². The first-order valence-electron chi connectivity index (χ1n) is 7.50. The number of nitro benzene ring substituents is 1. The molecule has 1 aromatic carbocycles. The van der Waals surface area contributed by atoms with Crippen LogP contribution in [0.15, 0.2) is 24.5 Å². The van der Waals surface area contributed by atoms with E-state index in [0.717, 1.165) is 5.56 Å². The van der Waals surface area contributed by atoms with Gasteiger partial charge in [0, 0.05) is 23.3 Å². The van der Waals surface area contributed by atoms with Crippen molar-refractivity contribution < 1.29 is 19.6 Å². The molecule has 0 saturated heterocycles. The zero-order valence-corrected chi connectivity index (χ0v) is 14.4. The first-order valence-corrected chi connectivity index (χ1v) is 8.32. The third-order valence-corrected chi connectivity index (χ3v) is 4.50. The summed E-state index contributed by atoms with van der Waals surface area (Å²) in [5, 5.41) is 20.2. The van der Waals surface area contributed by atoms with E-state index in [2.05, 4.69) is 4.98 Å². The fraction of sp³-hybridized carbons (Fsp3) is 0.250. The Kier molecular flexibility index (Phi) is 4.41. The maximum Gasteiger partial charge on any atom is 0.311 e. The number of thiazole rings is 1.